The van der Waals surface area contributed by atoms with Gasteiger partial charge in [0.05, 0.1) is 0 Å². The Kier molecular flexibility index (Phi) is 4.34. The van der Waals surface area contributed by atoms with Crippen molar-refractivity contribution in [2.45, 2.75) is 50.6 Å². The van der Waals surface area contributed by atoms with Gasteiger partial charge in [0.1, 0.15) is 5.78 Å². The molecule has 20 heavy (non-hydrogen) atoms. The van der Waals surface area contributed by atoms with Gasteiger partial charge in [-0.25, -0.2) is 0 Å². The maximum atomic E-state index is 11.7. The van der Waals surface area contributed by atoms with Crippen LogP contribution < -0.4 is 0 Å². The molecule has 2 fully saturated rings. The first-order chi connectivity index (χ1) is 9.63. The van der Waals surface area contributed by atoms with Gasteiger partial charge in [-0.2, -0.15) is 0 Å². The highest BCUT2D eigenvalue weighted by atomic mass is 35.5. The van der Waals surface area contributed by atoms with E-state index in [2.05, 4.69) is 4.90 Å². The first-order valence-corrected chi connectivity index (χ1v) is 8.10. The van der Waals surface area contributed by atoms with Gasteiger partial charge in [0.2, 0.25) is 0 Å². The van der Waals surface area contributed by atoms with Gasteiger partial charge in [-0.05, 0) is 37.0 Å². The number of fused-ring (bicyclic) bond motifs is 2. The average molecular weight is 312 g/mol. The summed E-state index contributed by atoms with van der Waals surface area (Å²) in [6.45, 7) is 0.990. The Labute approximate surface area is 130 Å². The van der Waals surface area contributed by atoms with E-state index in [-0.39, 0.29) is 0 Å². The van der Waals surface area contributed by atoms with Crippen molar-refractivity contribution >= 4 is 29.0 Å². The molecule has 2 aliphatic rings. The summed E-state index contributed by atoms with van der Waals surface area (Å²) in [5.74, 6) is 0.445. The van der Waals surface area contributed by atoms with Crippen LogP contribution in [-0.2, 0) is 11.2 Å². The number of hydrogen-bond acceptors (Lipinski definition) is 2. The quantitative estimate of drug-likeness (QED) is 0.837. The van der Waals surface area contributed by atoms with E-state index in [4.69, 9.17) is 23.2 Å². The number of hydrogen-bond donors (Lipinski definition) is 0. The van der Waals surface area contributed by atoms with Crippen LogP contribution in [0.15, 0.2) is 18.2 Å². The van der Waals surface area contributed by atoms with E-state index in [0.717, 1.165) is 49.2 Å². The monoisotopic (exact) mass is 311 g/mol. The summed E-state index contributed by atoms with van der Waals surface area (Å²) in [6, 6.07) is 6.62. The molecule has 3 rings (SSSR count). The van der Waals surface area contributed by atoms with Crippen LogP contribution in [0.3, 0.4) is 0 Å². The molecule has 0 aromatic heterocycles. The van der Waals surface area contributed by atoms with Gasteiger partial charge in [-0.1, -0.05) is 35.7 Å². The molecule has 2 aliphatic heterocycles. The molecule has 0 N–H and O–H groups in total. The Morgan fingerprint density at radius 2 is 1.85 bits per heavy atom. The van der Waals surface area contributed by atoms with Crippen molar-refractivity contribution in [3.8, 4) is 0 Å². The summed E-state index contributed by atoms with van der Waals surface area (Å²) in [7, 11) is 0. The van der Waals surface area contributed by atoms with Crippen LogP contribution in [-0.4, -0.2) is 29.3 Å². The van der Waals surface area contributed by atoms with Crippen molar-refractivity contribution in [1.29, 1.82) is 0 Å². The molecule has 2 atom stereocenters. The molecule has 0 radical (unpaired) electrons. The summed E-state index contributed by atoms with van der Waals surface area (Å²) < 4.78 is 0. The molecule has 2 saturated heterocycles. The zero-order chi connectivity index (χ0) is 14.1. The van der Waals surface area contributed by atoms with Crippen molar-refractivity contribution < 1.29 is 4.79 Å². The van der Waals surface area contributed by atoms with Crippen molar-refractivity contribution in [2.75, 3.05) is 6.54 Å². The summed E-state index contributed by atoms with van der Waals surface area (Å²) in [6.07, 6.45) is 6.00. The molecule has 0 aliphatic carbocycles. The molecule has 1 aromatic carbocycles. The summed E-state index contributed by atoms with van der Waals surface area (Å²) in [5.41, 5.74) is 1.14. The second-order valence-corrected chi connectivity index (χ2v) is 6.75. The Hall–Kier alpha value is -0.570. The minimum atomic E-state index is 0.445. The third-order valence-electron chi connectivity index (χ3n) is 4.59. The molecule has 2 unspecified atom stereocenters. The molecular weight excluding hydrogens is 293 g/mol. The lowest BCUT2D eigenvalue weighted by atomic mass is 9.83. The molecule has 0 amide bonds. The smallest absolute Gasteiger partial charge is 0.136 e. The number of Topliss-reactive ketones (excluding diaryl/α,β-unsaturated/α-hetero) is 1. The molecular formula is C16H19Cl2NO. The fraction of sp³-hybridized carbons (Fsp3) is 0.562. The highest BCUT2D eigenvalue weighted by Crippen LogP contribution is 2.32. The predicted molar refractivity (Wildman–Crippen MR) is 82.5 cm³/mol. The standard InChI is InChI=1S/C16H19Cl2NO/c17-12-5-4-11(16(18)8-12)6-7-19-13-2-1-3-14(19)10-15(20)9-13/h4-5,8,13-14H,1-3,6-7,9-10H2. The topological polar surface area (TPSA) is 20.3 Å². The van der Waals surface area contributed by atoms with Crippen LogP contribution in [0.1, 0.15) is 37.7 Å². The van der Waals surface area contributed by atoms with E-state index in [9.17, 15) is 4.79 Å². The van der Waals surface area contributed by atoms with Gasteiger partial charge in [-0.15, -0.1) is 0 Å². The minimum absolute atomic E-state index is 0.445. The van der Waals surface area contributed by atoms with Crippen molar-refractivity contribution in [3.05, 3.63) is 33.8 Å². The third kappa shape index (κ3) is 3.03. The molecule has 2 heterocycles. The van der Waals surface area contributed by atoms with E-state index in [1.165, 1.54) is 6.42 Å². The maximum Gasteiger partial charge on any atom is 0.136 e. The van der Waals surface area contributed by atoms with Crippen LogP contribution in [0.5, 0.6) is 0 Å². The van der Waals surface area contributed by atoms with Gasteiger partial charge in [0.15, 0.2) is 0 Å². The van der Waals surface area contributed by atoms with Crippen LogP contribution in [0, 0.1) is 0 Å². The number of carbonyl (C=O) groups excluding carboxylic acids is 1. The highest BCUT2D eigenvalue weighted by Gasteiger charge is 2.36. The van der Waals surface area contributed by atoms with Crippen molar-refractivity contribution in [3.63, 3.8) is 0 Å². The fourth-order valence-electron chi connectivity index (χ4n) is 3.61. The predicted octanol–water partition coefficient (Wildman–Crippen LogP) is 4.12. The van der Waals surface area contributed by atoms with E-state index < -0.39 is 0 Å². The molecule has 0 spiro atoms. The van der Waals surface area contributed by atoms with Crippen LogP contribution in [0.25, 0.3) is 0 Å². The Bertz CT molecular complexity index is 501. The number of nitrogens with zero attached hydrogens (tertiary/aromatic N) is 1. The van der Waals surface area contributed by atoms with Crippen LogP contribution >= 0.6 is 23.2 Å². The number of benzene rings is 1. The molecule has 4 heteroatoms. The highest BCUT2D eigenvalue weighted by molar-refractivity contribution is 6.35. The van der Waals surface area contributed by atoms with E-state index in [1.807, 2.05) is 12.1 Å². The Morgan fingerprint density at radius 1 is 1.15 bits per heavy atom. The summed E-state index contributed by atoms with van der Waals surface area (Å²) in [5, 5.41) is 1.43. The Balaban J connectivity index is 1.67. The molecule has 1 aromatic rings. The number of ketones is 1. The molecule has 108 valence electrons. The zero-order valence-corrected chi connectivity index (χ0v) is 13.0. The lowest BCUT2D eigenvalue weighted by Crippen LogP contribution is -2.52. The normalized spacial score (nSPS) is 26.8. The van der Waals surface area contributed by atoms with E-state index in [0.29, 0.717) is 22.9 Å². The van der Waals surface area contributed by atoms with E-state index >= 15 is 0 Å². The zero-order valence-electron chi connectivity index (χ0n) is 11.4. The lowest BCUT2D eigenvalue weighted by Gasteiger charge is -2.45. The van der Waals surface area contributed by atoms with E-state index in [1.54, 1.807) is 6.07 Å². The lowest BCUT2D eigenvalue weighted by molar-refractivity contribution is -0.127. The van der Waals surface area contributed by atoms with Gasteiger partial charge in [0.25, 0.3) is 0 Å². The SMILES string of the molecule is O=C1CC2CCCC(C1)N2CCc1ccc(Cl)cc1Cl. The van der Waals surface area contributed by atoms with Crippen LogP contribution in [0.2, 0.25) is 10.0 Å². The van der Waals surface area contributed by atoms with Gasteiger partial charge in [-0.3, -0.25) is 9.69 Å². The number of piperidine rings is 2. The Morgan fingerprint density at radius 3 is 2.50 bits per heavy atom. The molecule has 2 nitrogen and oxygen atoms in total. The number of rotatable bonds is 3. The second kappa shape index (κ2) is 6.05. The third-order valence-corrected chi connectivity index (χ3v) is 5.18. The molecule has 0 saturated carbocycles. The van der Waals surface area contributed by atoms with Gasteiger partial charge < -0.3 is 0 Å². The first-order valence-electron chi connectivity index (χ1n) is 7.35. The average Bonchev–Trinajstić information content (AvgIpc) is 2.38. The minimum Gasteiger partial charge on any atom is -0.300 e. The summed E-state index contributed by atoms with van der Waals surface area (Å²) in [4.78, 5) is 14.3. The van der Waals surface area contributed by atoms with Crippen molar-refractivity contribution in [1.82, 2.24) is 4.90 Å². The maximum absolute atomic E-state index is 11.7. The summed E-state index contributed by atoms with van der Waals surface area (Å²) >= 11 is 12.2. The van der Waals surface area contributed by atoms with Crippen LogP contribution in [0.4, 0.5) is 0 Å². The fourth-order valence-corrected chi connectivity index (χ4v) is 4.11. The van der Waals surface area contributed by atoms with Crippen molar-refractivity contribution in [2.24, 2.45) is 0 Å². The first kappa shape index (κ1) is 14.4. The van der Waals surface area contributed by atoms with Gasteiger partial charge >= 0.3 is 0 Å². The number of carbonyl (C=O) groups is 1. The number of halogens is 2. The van der Waals surface area contributed by atoms with Gasteiger partial charge in [0, 0.05) is 41.5 Å². The largest absolute Gasteiger partial charge is 0.300 e. The molecule has 2 bridgehead atoms. The second-order valence-electron chi connectivity index (χ2n) is 5.91.